The Morgan fingerprint density at radius 1 is 1.32 bits per heavy atom. The molecule has 0 bridgehead atoms. The van der Waals surface area contributed by atoms with Crippen molar-refractivity contribution < 1.29 is 4.74 Å². The second kappa shape index (κ2) is 5.97. The number of ether oxygens (including phenoxy) is 1. The van der Waals surface area contributed by atoms with Crippen LogP contribution in [0.25, 0.3) is 0 Å². The third kappa shape index (κ3) is 3.31. The molecule has 0 amide bonds. The Kier molecular flexibility index (Phi) is 4.09. The SMILES string of the molecule is c1cc(CNC2CCOC3(CCCCC3)C2)ncn1. The highest BCUT2D eigenvalue weighted by Gasteiger charge is 2.38. The minimum atomic E-state index is 0.180. The van der Waals surface area contributed by atoms with Gasteiger partial charge in [-0.3, -0.25) is 0 Å². The first-order valence-electron chi connectivity index (χ1n) is 7.49. The van der Waals surface area contributed by atoms with Crippen LogP contribution < -0.4 is 5.32 Å². The van der Waals surface area contributed by atoms with Crippen LogP contribution in [0.2, 0.25) is 0 Å². The lowest BCUT2D eigenvalue weighted by atomic mass is 9.78. The van der Waals surface area contributed by atoms with E-state index in [2.05, 4.69) is 15.3 Å². The van der Waals surface area contributed by atoms with Crippen molar-refractivity contribution in [1.29, 1.82) is 0 Å². The molecule has 1 atom stereocenters. The van der Waals surface area contributed by atoms with Gasteiger partial charge in [0.1, 0.15) is 6.33 Å². The van der Waals surface area contributed by atoms with Crippen molar-refractivity contribution in [2.75, 3.05) is 6.61 Å². The van der Waals surface area contributed by atoms with Crippen molar-refractivity contribution in [3.05, 3.63) is 24.3 Å². The summed E-state index contributed by atoms with van der Waals surface area (Å²) in [5, 5.41) is 3.64. The van der Waals surface area contributed by atoms with Crippen LogP contribution in [0.1, 0.15) is 50.6 Å². The second-order valence-electron chi connectivity index (χ2n) is 5.86. The lowest BCUT2D eigenvalue weighted by molar-refractivity contribution is -0.109. The molecule has 1 N–H and O–H groups in total. The van der Waals surface area contributed by atoms with Crippen LogP contribution in [-0.2, 0) is 11.3 Å². The zero-order chi connectivity index (χ0) is 13.0. The number of hydrogen-bond donors (Lipinski definition) is 1. The number of nitrogens with zero attached hydrogens (tertiary/aromatic N) is 2. The first-order chi connectivity index (χ1) is 9.36. The molecule has 1 saturated carbocycles. The second-order valence-corrected chi connectivity index (χ2v) is 5.86. The summed E-state index contributed by atoms with van der Waals surface area (Å²) in [5.74, 6) is 0. The van der Waals surface area contributed by atoms with Crippen LogP contribution >= 0.6 is 0 Å². The highest BCUT2D eigenvalue weighted by atomic mass is 16.5. The zero-order valence-electron chi connectivity index (χ0n) is 11.5. The van der Waals surface area contributed by atoms with Crippen LogP contribution in [0.4, 0.5) is 0 Å². The fourth-order valence-corrected chi connectivity index (χ4v) is 3.42. The summed E-state index contributed by atoms with van der Waals surface area (Å²) in [4.78, 5) is 8.21. The van der Waals surface area contributed by atoms with E-state index in [0.717, 1.165) is 31.7 Å². The summed E-state index contributed by atoms with van der Waals surface area (Å²) in [6.45, 7) is 1.74. The number of nitrogens with one attached hydrogen (secondary N) is 1. The van der Waals surface area contributed by atoms with Gasteiger partial charge in [-0.2, -0.15) is 0 Å². The van der Waals surface area contributed by atoms with Crippen LogP contribution in [-0.4, -0.2) is 28.2 Å². The maximum atomic E-state index is 6.12. The maximum Gasteiger partial charge on any atom is 0.115 e. The van der Waals surface area contributed by atoms with Gasteiger partial charge in [0.05, 0.1) is 11.3 Å². The molecule has 19 heavy (non-hydrogen) atoms. The van der Waals surface area contributed by atoms with Crippen LogP contribution in [0, 0.1) is 0 Å². The summed E-state index contributed by atoms with van der Waals surface area (Å²) in [6.07, 6.45) is 12.2. The Bertz CT molecular complexity index is 384. The van der Waals surface area contributed by atoms with Crippen molar-refractivity contribution in [2.45, 2.75) is 63.1 Å². The van der Waals surface area contributed by atoms with E-state index in [1.54, 1.807) is 12.5 Å². The molecule has 1 aromatic heterocycles. The highest BCUT2D eigenvalue weighted by molar-refractivity contribution is 4.98. The van der Waals surface area contributed by atoms with Gasteiger partial charge in [0.2, 0.25) is 0 Å². The number of hydrogen-bond acceptors (Lipinski definition) is 4. The molecule has 4 nitrogen and oxygen atoms in total. The van der Waals surface area contributed by atoms with E-state index in [1.807, 2.05) is 6.07 Å². The molecule has 1 saturated heterocycles. The standard InChI is InChI=1S/C15H23N3O/c1-2-6-15(7-3-1)10-13(5-9-19-15)17-11-14-4-8-16-12-18-14/h4,8,12-13,17H,1-3,5-7,9-11H2. The molecule has 104 valence electrons. The highest BCUT2D eigenvalue weighted by Crippen LogP contribution is 2.38. The lowest BCUT2D eigenvalue weighted by Crippen LogP contribution is -2.47. The molecule has 2 heterocycles. The van der Waals surface area contributed by atoms with Gasteiger partial charge in [0, 0.05) is 25.4 Å². The fourth-order valence-electron chi connectivity index (χ4n) is 3.42. The number of rotatable bonds is 3. The Morgan fingerprint density at radius 2 is 2.21 bits per heavy atom. The van der Waals surface area contributed by atoms with Gasteiger partial charge in [-0.15, -0.1) is 0 Å². The van der Waals surface area contributed by atoms with Crippen LogP contribution in [0.5, 0.6) is 0 Å². The molecule has 1 aliphatic heterocycles. The van der Waals surface area contributed by atoms with Crippen molar-refractivity contribution in [1.82, 2.24) is 15.3 Å². The van der Waals surface area contributed by atoms with E-state index in [1.165, 1.54) is 32.1 Å². The Hall–Kier alpha value is -1.00. The van der Waals surface area contributed by atoms with Gasteiger partial charge in [-0.05, 0) is 31.7 Å². The van der Waals surface area contributed by atoms with E-state index in [-0.39, 0.29) is 5.60 Å². The normalized spacial score (nSPS) is 26.4. The molecular formula is C15H23N3O. The minimum absolute atomic E-state index is 0.180. The molecule has 1 unspecified atom stereocenters. The third-order valence-electron chi connectivity index (χ3n) is 4.47. The van der Waals surface area contributed by atoms with Crippen molar-refractivity contribution in [3.8, 4) is 0 Å². The molecule has 1 spiro atoms. The van der Waals surface area contributed by atoms with E-state index < -0.39 is 0 Å². The minimum Gasteiger partial charge on any atom is -0.375 e. The smallest absolute Gasteiger partial charge is 0.115 e. The van der Waals surface area contributed by atoms with E-state index in [4.69, 9.17) is 4.74 Å². The van der Waals surface area contributed by atoms with Gasteiger partial charge in [-0.1, -0.05) is 19.3 Å². The topological polar surface area (TPSA) is 47.0 Å². The summed E-state index contributed by atoms with van der Waals surface area (Å²) >= 11 is 0. The van der Waals surface area contributed by atoms with Gasteiger partial charge < -0.3 is 10.1 Å². The predicted octanol–water partition coefficient (Wildman–Crippen LogP) is 2.45. The molecule has 0 radical (unpaired) electrons. The van der Waals surface area contributed by atoms with Crippen molar-refractivity contribution >= 4 is 0 Å². The van der Waals surface area contributed by atoms with Gasteiger partial charge in [0.25, 0.3) is 0 Å². The molecule has 3 rings (SSSR count). The fraction of sp³-hybridized carbons (Fsp3) is 0.733. The number of aromatic nitrogens is 2. The molecule has 1 aromatic rings. The van der Waals surface area contributed by atoms with Crippen LogP contribution in [0.3, 0.4) is 0 Å². The van der Waals surface area contributed by atoms with Gasteiger partial charge in [0.15, 0.2) is 0 Å². The molecule has 2 aliphatic rings. The Labute approximate surface area is 115 Å². The quantitative estimate of drug-likeness (QED) is 0.908. The summed E-state index contributed by atoms with van der Waals surface area (Å²) in [6, 6.07) is 2.55. The maximum absolute atomic E-state index is 6.12. The summed E-state index contributed by atoms with van der Waals surface area (Å²) < 4.78 is 6.12. The van der Waals surface area contributed by atoms with Crippen molar-refractivity contribution in [3.63, 3.8) is 0 Å². The van der Waals surface area contributed by atoms with E-state index in [9.17, 15) is 0 Å². The van der Waals surface area contributed by atoms with Crippen LogP contribution in [0.15, 0.2) is 18.6 Å². The largest absolute Gasteiger partial charge is 0.375 e. The van der Waals surface area contributed by atoms with Crippen molar-refractivity contribution in [2.24, 2.45) is 0 Å². The third-order valence-corrected chi connectivity index (χ3v) is 4.47. The Balaban J connectivity index is 1.53. The average Bonchev–Trinajstić information content (AvgIpc) is 2.47. The molecular weight excluding hydrogens is 238 g/mol. The first-order valence-corrected chi connectivity index (χ1v) is 7.49. The predicted molar refractivity (Wildman–Crippen MR) is 73.7 cm³/mol. The molecule has 0 aromatic carbocycles. The monoisotopic (exact) mass is 261 g/mol. The summed E-state index contributed by atoms with van der Waals surface area (Å²) in [5.41, 5.74) is 1.25. The molecule has 2 fully saturated rings. The first kappa shape index (κ1) is 13.0. The molecule has 4 heteroatoms. The van der Waals surface area contributed by atoms with E-state index >= 15 is 0 Å². The lowest BCUT2D eigenvalue weighted by Gasteiger charge is -2.43. The van der Waals surface area contributed by atoms with Gasteiger partial charge in [-0.25, -0.2) is 9.97 Å². The molecule has 1 aliphatic carbocycles. The summed E-state index contributed by atoms with van der Waals surface area (Å²) in [7, 11) is 0. The average molecular weight is 261 g/mol. The van der Waals surface area contributed by atoms with E-state index in [0.29, 0.717) is 6.04 Å². The Morgan fingerprint density at radius 3 is 3.00 bits per heavy atom. The zero-order valence-corrected chi connectivity index (χ0v) is 11.5. The van der Waals surface area contributed by atoms with Gasteiger partial charge >= 0.3 is 0 Å².